The highest BCUT2D eigenvalue weighted by Gasteiger charge is 2.25. The third-order valence-corrected chi connectivity index (χ3v) is 3.34. The molecule has 5 heteroatoms. The number of hydrogen-bond acceptors (Lipinski definition) is 4. The Labute approximate surface area is 117 Å². The van der Waals surface area contributed by atoms with Crippen molar-refractivity contribution < 1.29 is 9.53 Å². The molecule has 102 valence electrons. The fraction of sp³-hybridized carbons (Fsp3) is 0.267. The van der Waals surface area contributed by atoms with Gasteiger partial charge in [0, 0.05) is 6.20 Å². The van der Waals surface area contributed by atoms with Gasteiger partial charge in [0.25, 0.3) is 0 Å². The lowest BCUT2D eigenvalue weighted by atomic mass is 9.96. The van der Waals surface area contributed by atoms with Crippen molar-refractivity contribution in [3.8, 4) is 5.75 Å². The average Bonchev–Trinajstić information content (AvgIpc) is 2.53. The first-order chi connectivity index (χ1) is 9.83. The molecule has 0 aliphatic carbocycles. The normalized spacial score (nSPS) is 16.9. The number of amides is 1. The van der Waals surface area contributed by atoms with Crippen LogP contribution in [0.4, 0.5) is 0 Å². The van der Waals surface area contributed by atoms with Gasteiger partial charge in [-0.3, -0.25) is 4.79 Å². The van der Waals surface area contributed by atoms with Crippen LogP contribution in [0.2, 0.25) is 0 Å². The minimum Gasteiger partial charge on any atom is -0.492 e. The Hall–Kier alpha value is -2.43. The van der Waals surface area contributed by atoms with Crippen molar-refractivity contribution in [3.05, 3.63) is 54.1 Å². The van der Waals surface area contributed by atoms with Gasteiger partial charge in [0.15, 0.2) is 0 Å². The van der Waals surface area contributed by atoms with Gasteiger partial charge in [-0.05, 0) is 24.1 Å². The van der Waals surface area contributed by atoms with Gasteiger partial charge in [0.2, 0.25) is 5.91 Å². The molecule has 1 aromatic carbocycles. The third-order valence-electron chi connectivity index (χ3n) is 3.34. The van der Waals surface area contributed by atoms with Crippen LogP contribution in [0.3, 0.4) is 0 Å². The topological polar surface area (TPSA) is 64.1 Å². The average molecular weight is 269 g/mol. The zero-order chi connectivity index (χ0) is 13.8. The van der Waals surface area contributed by atoms with Crippen molar-refractivity contribution in [2.24, 2.45) is 5.92 Å². The summed E-state index contributed by atoms with van der Waals surface area (Å²) in [5, 5.41) is 2.89. The number of rotatable bonds is 3. The van der Waals surface area contributed by atoms with Gasteiger partial charge in [0.05, 0.1) is 18.2 Å². The summed E-state index contributed by atoms with van der Waals surface area (Å²) >= 11 is 0. The molecule has 1 aliphatic rings. The van der Waals surface area contributed by atoms with Crippen molar-refractivity contribution in [2.75, 3.05) is 6.61 Å². The predicted molar refractivity (Wildman–Crippen MR) is 73.0 cm³/mol. The van der Waals surface area contributed by atoms with Gasteiger partial charge >= 0.3 is 0 Å². The van der Waals surface area contributed by atoms with Crippen LogP contribution in [0, 0.1) is 5.92 Å². The standard InChI is InChI=1S/C15H15N3O2/c19-15(17-8-13-5-6-16-10-18-13)12-7-11-3-1-2-4-14(11)20-9-12/h1-6,10,12H,7-9H2,(H,17,19). The highest BCUT2D eigenvalue weighted by molar-refractivity contribution is 5.79. The largest absolute Gasteiger partial charge is 0.492 e. The highest BCUT2D eigenvalue weighted by Crippen LogP contribution is 2.26. The molecule has 1 aromatic heterocycles. The maximum atomic E-state index is 12.1. The molecule has 3 rings (SSSR count). The van der Waals surface area contributed by atoms with Crippen molar-refractivity contribution in [1.29, 1.82) is 0 Å². The van der Waals surface area contributed by atoms with Crippen LogP contribution in [0.1, 0.15) is 11.3 Å². The van der Waals surface area contributed by atoms with Crippen LogP contribution in [0.5, 0.6) is 5.75 Å². The quantitative estimate of drug-likeness (QED) is 0.913. The number of carbonyl (C=O) groups is 1. The Kier molecular flexibility index (Phi) is 3.58. The first-order valence-corrected chi connectivity index (χ1v) is 6.56. The highest BCUT2D eigenvalue weighted by atomic mass is 16.5. The lowest BCUT2D eigenvalue weighted by molar-refractivity contribution is -0.126. The fourth-order valence-electron chi connectivity index (χ4n) is 2.24. The SMILES string of the molecule is O=C(NCc1ccncn1)C1COc2ccccc2C1. The maximum Gasteiger partial charge on any atom is 0.227 e. The molecular weight excluding hydrogens is 254 g/mol. The number of fused-ring (bicyclic) bond motifs is 1. The van der Waals surface area contributed by atoms with Crippen molar-refractivity contribution >= 4 is 5.91 Å². The molecule has 0 bridgehead atoms. The Morgan fingerprint density at radius 3 is 3.10 bits per heavy atom. The zero-order valence-corrected chi connectivity index (χ0v) is 11.0. The lowest BCUT2D eigenvalue weighted by Gasteiger charge is -2.24. The molecule has 1 N–H and O–H groups in total. The summed E-state index contributed by atoms with van der Waals surface area (Å²) in [6.45, 7) is 0.839. The Morgan fingerprint density at radius 2 is 2.25 bits per heavy atom. The van der Waals surface area contributed by atoms with Crippen molar-refractivity contribution in [1.82, 2.24) is 15.3 Å². The second kappa shape index (κ2) is 5.69. The molecule has 0 fully saturated rings. The second-order valence-corrected chi connectivity index (χ2v) is 4.74. The van der Waals surface area contributed by atoms with E-state index < -0.39 is 0 Å². The molecule has 2 aromatic rings. The summed E-state index contributed by atoms with van der Waals surface area (Å²) in [5.41, 5.74) is 1.88. The van der Waals surface area contributed by atoms with Gasteiger partial charge < -0.3 is 10.1 Å². The number of aromatic nitrogens is 2. The summed E-state index contributed by atoms with van der Waals surface area (Å²) in [6, 6.07) is 9.62. The number of benzene rings is 1. The molecule has 2 heterocycles. The Morgan fingerprint density at radius 1 is 1.35 bits per heavy atom. The van der Waals surface area contributed by atoms with Gasteiger partial charge in [-0.15, -0.1) is 0 Å². The van der Waals surface area contributed by atoms with Crippen LogP contribution in [-0.2, 0) is 17.8 Å². The number of nitrogens with zero attached hydrogens (tertiary/aromatic N) is 2. The lowest BCUT2D eigenvalue weighted by Crippen LogP contribution is -2.37. The van der Waals surface area contributed by atoms with E-state index in [1.165, 1.54) is 6.33 Å². The number of hydrogen-bond donors (Lipinski definition) is 1. The van der Waals surface area contributed by atoms with E-state index in [1.54, 1.807) is 12.3 Å². The molecule has 1 aliphatic heterocycles. The number of ether oxygens (including phenoxy) is 1. The summed E-state index contributed by atoms with van der Waals surface area (Å²) in [5.74, 6) is 0.734. The molecule has 1 atom stereocenters. The van der Waals surface area contributed by atoms with Gasteiger partial charge in [-0.25, -0.2) is 9.97 Å². The Balaban J connectivity index is 1.59. The summed E-state index contributed by atoms with van der Waals surface area (Å²) in [4.78, 5) is 20.1. The van der Waals surface area contributed by atoms with Gasteiger partial charge in [-0.2, -0.15) is 0 Å². The molecule has 0 saturated carbocycles. The molecule has 20 heavy (non-hydrogen) atoms. The summed E-state index contributed by atoms with van der Waals surface area (Å²) < 4.78 is 5.62. The molecule has 0 saturated heterocycles. The van der Waals surface area contributed by atoms with E-state index in [-0.39, 0.29) is 11.8 Å². The summed E-state index contributed by atoms with van der Waals surface area (Å²) in [7, 11) is 0. The number of para-hydroxylation sites is 1. The Bertz CT molecular complexity index is 601. The minimum absolute atomic E-state index is 0.00175. The first kappa shape index (κ1) is 12.6. The molecule has 5 nitrogen and oxygen atoms in total. The second-order valence-electron chi connectivity index (χ2n) is 4.74. The minimum atomic E-state index is -0.147. The van der Waals surface area contributed by atoms with Crippen LogP contribution in [0.15, 0.2) is 42.9 Å². The van der Waals surface area contributed by atoms with Crippen molar-refractivity contribution in [2.45, 2.75) is 13.0 Å². The van der Waals surface area contributed by atoms with Crippen LogP contribution in [0.25, 0.3) is 0 Å². The molecule has 0 spiro atoms. The van der Waals surface area contributed by atoms with E-state index in [1.807, 2.05) is 24.3 Å². The smallest absolute Gasteiger partial charge is 0.227 e. The van der Waals surface area contributed by atoms with Crippen LogP contribution in [-0.4, -0.2) is 22.5 Å². The van der Waals surface area contributed by atoms with E-state index in [9.17, 15) is 4.79 Å². The van der Waals surface area contributed by atoms with Crippen molar-refractivity contribution in [3.63, 3.8) is 0 Å². The zero-order valence-electron chi connectivity index (χ0n) is 11.0. The molecule has 0 radical (unpaired) electrons. The van der Waals surface area contributed by atoms with E-state index in [2.05, 4.69) is 15.3 Å². The van der Waals surface area contributed by atoms with Crippen LogP contribution >= 0.6 is 0 Å². The van der Waals surface area contributed by atoms with Crippen LogP contribution < -0.4 is 10.1 Å². The summed E-state index contributed by atoms with van der Waals surface area (Å²) in [6.07, 6.45) is 3.85. The first-order valence-electron chi connectivity index (χ1n) is 6.56. The molecule has 1 amide bonds. The fourth-order valence-corrected chi connectivity index (χ4v) is 2.24. The van der Waals surface area contributed by atoms with E-state index in [4.69, 9.17) is 4.74 Å². The molecule has 1 unspecified atom stereocenters. The van der Waals surface area contributed by atoms with Gasteiger partial charge in [0.1, 0.15) is 18.7 Å². The monoisotopic (exact) mass is 269 g/mol. The molecular formula is C15H15N3O2. The number of nitrogens with one attached hydrogen (secondary N) is 1. The van der Waals surface area contributed by atoms with E-state index in [0.717, 1.165) is 17.0 Å². The van der Waals surface area contributed by atoms with E-state index in [0.29, 0.717) is 19.6 Å². The van der Waals surface area contributed by atoms with Gasteiger partial charge in [-0.1, -0.05) is 18.2 Å². The third kappa shape index (κ3) is 2.77. The number of carbonyl (C=O) groups excluding carboxylic acids is 1. The van der Waals surface area contributed by atoms with E-state index >= 15 is 0 Å². The maximum absolute atomic E-state index is 12.1. The predicted octanol–water partition coefficient (Wildman–Crippen LogP) is 1.34.